The van der Waals surface area contributed by atoms with Crippen molar-refractivity contribution in [2.75, 3.05) is 0 Å². The number of alkyl halides is 6. The predicted molar refractivity (Wildman–Crippen MR) is 158 cm³/mol. The second kappa shape index (κ2) is 14.7. The molecule has 0 aliphatic heterocycles. The maximum Gasteiger partial charge on any atom is 0.407 e. The van der Waals surface area contributed by atoms with Crippen LogP contribution in [-0.2, 0) is 11.8 Å². The second-order valence-corrected chi connectivity index (χ2v) is 10.9. The molecule has 0 radical (unpaired) electrons. The van der Waals surface area contributed by atoms with E-state index in [1.54, 1.807) is 30.3 Å². The van der Waals surface area contributed by atoms with E-state index in [-0.39, 0.29) is 11.3 Å². The Hall–Kier alpha value is -3.68. The van der Waals surface area contributed by atoms with Crippen LogP contribution in [0.5, 0.6) is 17.2 Å². The molecule has 0 saturated heterocycles. The van der Waals surface area contributed by atoms with Crippen molar-refractivity contribution in [2.45, 2.75) is 77.6 Å². The molecule has 0 saturated carbocycles. The molecule has 43 heavy (non-hydrogen) atoms. The lowest BCUT2D eigenvalue weighted by Crippen LogP contribution is -2.55. The second-order valence-electron chi connectivity index (χ2n) is 10.9. The van der Waals surface area contributed by atoms with E-state index in [9.17, 15) is 26.3 Å². The van der Waals surface area contributed by atoms with Gasteiger partial charge in [-0.1, -0.05) is 80.3 Å². The maximum atomic E-state index is 14.4. The minimum Gasteiger partial charge on any atom is -0.465 e. The van der Waals surface area contributed by atoms with Crippen LogP contribution in [0.3, 0.4) is 0 Å². The molecule has 0 amide bonds. The highest BCUT2D eigenvalue weighted by Crippen LogP contribution is 2.54. The number of unbranched alkanes of at least 4 members (excludes halogenated alkanes) is 1. The molecule has 0 aromatic heterocycles. The molecule has 0 spiro atoms. The van der Waals surface area contributed by atoms with E-state index in [2.05, 4.69) is 26.8 Å². The van der Waals surface area contributed by atoms with E-state index < -0.39 is 29.8 Å². The molecule has 0 aliphatic carbocycles. The van der Waals surface area contributed by atoms with Crippen molar-refractivity contribution in [1.29, 1.82) is 0 Å². The lowest BCUT2D eigenvalue weighted by Gasteiger charge is -2.38. The first-order valence-corrected chi connectivity index (χ1v) is 14.3. The van der Waals surface area contributed by atoms with Crippen LogP contribution < -0.4 is 9.47 Å². The predicted octanol–water partition coefficient (Wildman–Crippen LogP) is 11.4. The van der Waals surface area contributed by atoms with Gasteiger partial charge in [-0.2, -0.15) is 26.3 Å². The SMILES string of the molecule is CCCCC(C)/C(C)=C\C/C=C/Oc1ccc(CC(c2ccc(Oc3ccc(C)cc3)cc2)(C(F)(F)F)C(F)(F)F)cc1. The van der Waals surface area contributed by atoms with Crippen LogP contribution in [0.2, 0.25) is 0 Å². The third-order valence-electron chi connectivity index (χ3n) is 7.61. The van der Waals surface area contributed by atoms with Gasteiger partial charge in [0.2, 0.25) is 0 Å². The molecule has 3 aromatic carbocycles. The molecule has 2 nitrogen and oxygen atoms in total. The van der Waals surface area contributed by atoms with E-state index >= 15 is 0 Å². The molecule has 8 heteroatoms. The number of allylic oxidation sites excluding steroid dienone is 3. The molecule has 1 atom stereocenters. The Labute approximate surface area is 250 Å². The molecule has 0 fully saturated rings. The molecule has 3 aromatic rings. The Morgan fingerprint density at radius 3 is 1.86 bits per heavy atom. The minimum atomic E-state index is -5.62. The zero-order valence-electron chi connectivity index (χ0n) is 24.9. The van der Waals surface area contributed by atoms with E-state index in [1.165, 1.54) is 42.5 Å². The van der Waals surface area contributed by atoms with Crippen LogP contribution in [-0.4, -0.2) is 12.4 Å². The monoisotopic (exact) mass is 604 g/mol. The van der Waals surface area contributed by atoms with Gasteiger partial charge in [0.15, 0.2) is 5.41 Å². The van der Waals surface area contributed by atoms with Crippen LogP contribution in [0.25, 0.3) is 0 Å². The van der Waals surface area contributed by atoms with Crippen molar-refractivity contribution < 1.29 is 35.8 Å². The fourth-order valence-electron chi connectivity index (χ4n) is 4.71. The van der Waals surface area contributed by atoms with Gasteiger partial charge in [0.05, 0.1) is 6.26 Å². The summed E-state index contributed by atoms with van der Waals surface area (Å²) in [7, 11) is 0. The smallest absolute Gasteiger partial charge is 0.407 e. The van der Waals surface area contributed by atoms with Gasteiger partial charge < -0.3 is 9.47 Å². The Morgan fingerprint density at radius 2 is 1.33 bits per heavy atom. The fraction of sp³-hybridized carbons (Fsp3) is 0.371. The van der Waals surface area contributed by atoms with Crippen LogP contribution in [0.15, 0.2) is 96.8 Å². The summed E-state index contributed by atoms with van der Waals surface area (Å²) in [5.74, 6) is 1.33. The standard InChI is InChI=1S/C35H38F6O2/c1-5-6-9-26(3)27(4)10-7-8-23-42-30-19-13-28(14-20-30)24-33(34(36,37)38,35(39,40)41)29-15-21-32(22-16-29)43-31-17-11-25(2)12-18-31/h8,10-23,26H,5-7,9,24H2,1-4H3/b23-8+,27-10-. The van der Waals surface area contributed by atoms with E-state index in [0.29, 0.717) is 23.8 Å². The number of ether oxygens (including phenoxy) is 2. The van der Waals surface area contributed by atoms with E-state index in [1.807, 2.05) is 6.92 Å². The van der Waals surface area contributed by atoms with Gasteiger partial charge in [-0.3, -0.25) is 0 Å². The Morgan fingerprint density at radius 1 is 0.791 bits per heavy atom. The lowest BCUT2D eigenvalue weighted by molar-refractivity contribution is -0.303. The van der Waals surface area contributed by atoms with Crippen molar-refractivity contribution in [3.8, 4) is 17.2 Å². The number of hydrogen-bond donors (Lipinski definition) is 0. The molecule has 0 aliphatic rings. The number of aryl methyl sites for hydroxylation is 1. The number of benzene rings is 3. The molecule has 3 rings (SSSR count). The summed E-state index contributed by atoms with van der Waals surface area (Å²) < 4.78 is 97.7. The Balaban J connectivity index is 1.76. The zero-order chi connectivity index (χ0) is 31.7. The van der Waals surface area contributed by atoms with Crippen molar-refractivity contribution in [2.24, 2.45) is 5.92 Å². The maximum absolute atomic E-state index is 14.4. The summed E-state index contributed by atoms with van der Waals surface area (Å²) >= 11 is 0. The average molecular weight is 605 g/mol. The summed E-state index contributed by atoms with van der Waals surface area (Å²) in [4.78, 5) is 0. The van der Waals surface area contributed by atoms with Crippen LogP contribution in [0, 0.1) is 12.8 Å². The summed E-state index contributed by atoms with van der Waals surface area (Å²) in [6.07, 6.45) is -3.10. The normalized spacial score (nSPS) is 13.8. The molecular weight excluding hydrogens is 566 g/mol. The molecule has 232 valence electrons. The molecular formula is C35H38F6O2. The summed E-state index contributed by atoms with van der Waals surface area (Å²) in [5, 5.41) is 0. The molecule has 0 heterocycles. The van der Waals surface area contributed by atoms with Gasteiger partial charge in [-0.15, -0.1) is 0 Å². The first-order valence-electron chi connectivity index (χ1n) is 14.3. The largest absolute Gasteiger partial charge is 0.465 e. The van der Waals surface area contributed by atoms with E-state index in [4.69, 9.17) is 9.47 Å². The van der Waals surface area contributed by atoms with Gasteiger partial charge >= 0.3 is 12.4 Å². The van der Waals surface area contributed by atoms with Gasteiger partial charge in [0, 0.05) is 0 Å². The average Bonchev–Trinajstić information content (AvgIpc) is 2.95. The van der Waals surface area contributed by atoms with Crippen molar-refractivity contribution >= 4 is 0 Å². The van der Waals surface area contributed by atoms with Gasteiger partial charge in [0.25, 0.3) is 0 Å². The number of hydrogen-bond acceptors (Lipinski definition) is 2. The minimum absolute atomic E-state index is 0.122. The summed E-state index contributed by atoms with van der Waals surface area (Å²) in [6, 6.07) is 16.0. The highest BCUT2D eigenvalue weighted by Gasteiger charge is 2.71. The molecule has 1 unspecified atom stereocenters. The lowest BCUT2D eigenvalue weighted by atomic mass is 9.74. The van der Waals surface area contributed by atoms with Gasteiger partial charge in [-0.25, -0.2) is 0 Å². The number of rotatable bonds is 13. The highest BCUT2D eigenvalue weighted by atomic mass is 19.4. The van der Waals surface area contributed by atoms with Crippen LogP contribution in [0.1, 0.15) is 63.1 Å². The van der Waals surface area contributed by atoms with Gasteiger partial charge in [-0.05, 0) is 92.6 Å². The van der Waals surface area contributed by atoms with Crippen molar-refractivity contribution in [3.05, 3.63) is 113 Å². The highest BCUT2D eigenvalue weighted by molar-refractivity contribution is 5.40. The topological polar surface area (TPSA) is 18.5 Å². The third-order valence-corrected chi connectivity index (χ3v) is 7.61. The number of halogens is 6. The Kier molecular flexibility index (Phi) is 11.5. The van der Waals surface area contributed by atoms with Crippen LogP contribution >= 0.6 is 0 Å². The quantitative estimate of drug-likeness (QED) is 0.110. The summed E-state index contributed by atoms with van der Waals surface area (Å²) in [6.45, 7) is 8.30. The molecule has 0 bridgehead atoms. The zero-order valence-corrected chi connectivity index (χ0v) is 24.9. The summed E-state index contributed by atoms with van der Waals surface area (Å²) in [5.41, 5.74) is -2.91. The first kappa shape index (κ1) is 33.8. The first-order chi connectivity index (χ1) is 20.3. The van der Waals surface area contributed by atoms with Gasteiger partial charge in [0.1, 0.15) is 17.2 Å². The fourth-order valence-corrected chi connectivity index (χ4v) is 4.71. The Bertz CT molecular complexity index is 1320. The van der Waals surface area contributed by atoms with Crippen molar-refractivity contribution in [3.63, 3.8) is 0 Å². The van der Waals surface area contributed by atoms with E-state index in [0.717, 1.165) is 42.7 Å². The third kappa shape index (κ3) is 8.91. The van der Waals surface area contributed by atoms with Crippen molar-refractivity contribution in [1.82, 2.24) is 0 Å². The molecule has 0 N–H and O–H groups in total. The van der Waals surface area contributed by atoms with Crippen LogP contribution in [0.4, 0.5) is 26.3 Å².